The number of unbranched alkanes of at least 4 members (excludes halogenated alkanes) is 2. The fraction of sp³-hybridized carbons (Fsp3) is 0.433. The number of hydrogen-bond acceptors (Lipinski definition) is 6. The van der Waals surface area contributed by atoms with E-state index in [1.165, 1.54) is 11.9 Å². The average Bonchev–Trinajstić information content (AvgIpc) is 3.17. The van der Waals surface area contributed by atoms with Crippen LogP contribution in [0.3, 0.4) is 0 Å². The molecule has 3 rings (SSSR count). The summed E-state index contributed by atoms with van der Waals surface area (Å²) in [5.74, 6) is -1.96. The van der Waals surface area contributed by atoms with Crippen molar-refractivity contribution in [3.63, 3.8) is 0 Å². The summed E-state index contributed by atoms with van der Waals surface area (Å²) < 4.78 is 0. The standard InChI is InChI=1S/C30H38N4O5/c1-20(2)18-24(31)30(39)34(25(27(36)32-3)19-21-12-6-4-7-13-21)26(35)16-8-5-11-17-33-28(37)22-14-9-10-15-23(22)29(33)38/h4,6-7,9-10,12-15,20,24-25H,5,8,11,16-19,31H2,1-3H3,(H,32,36)/t24-,25-/m0/s1. The van der Waals surface area contributed by atoms with Crippen LogP contribution in [0, 0.1) is 5.92 Å². The topological polar surface area (TPSA) is 130 Å². The molecule has 208 valence electrons. The predicted octanol–water partition coefficient (Wildman–Crippen LogP) is 2.93. The van der Waals surface area contributed by atoms with E-state index in [-0.39, 0.29) is 37.1 Å². The van der Waals surface area contributed by atoms with Crippen LogP contribution in [0.4, 0.5) is 0 Å². The van der Waals surface area contributed by atoms with Crippen molar-refractivity contribution in [3.8, 4) is 0 Å². The highest BCUT2D eigenvalue weighted by molar-refractivity contribution is 6.21. The highest BCUT2D eigenvalue weighted by Crippen LogP contribution is 2.23. The maximum atomic E-state index is 13.5. The second-order valence-corrected chi connectivity index (χ2v) is 10.3. The lowest BCUT2D eigenvalue weighted by atomic mass is 9.99. The van der Waals surface area contributed by atoms with E-state index in [9.17, 15) is 24.0 Å². The maximum Gasteiger partial charge on any atom is 0.261 e. The van der Waals surface area contributed by atoms with Crippen LogP contribution in [0.15, 0.2) is 54.6 Å². The Hall–Kier alpha value is -3.85. The number of fused-ring (bicyclic) bond motifs is 1. The molecule has 0 unspecified atom stereocenters. The van der Waals surface area contributed by atoms with E-state index in [1.54, 1.807) is 24.3 Å². The Kier molecular flexibility index (Phi) is 10.5. The largest absolute Gasteiger partial charge is 0.357 e. The summed E-state index contributed by atoms with van der Waals surface area (Å²) in [6.45, 7) is 4.12. The van der Waals surface area contributed by atoms with Gasteiger partial charge in [0.05, 0.1) is 17.2 Å². The second-order valence-electron chi connectivity index (χ2n) is 10.3. The van der Waals surface area contributed by atoms with Crippen LogP contribution in [0.1, 0.15) is 72.2 Å². The van der Waals surface area contributed by atoms with E-state index in [0.29, 0.717) is 36.8 Å². The van der Waals surface area contributed by atoms with Gasteiger partial charge in [0, 0.05) is 26.4 Å². The number of amides is 5. The number of nitrogens with one attached hydrogen (secondary N) is 1. The van der Waals surface area contributed by atoms with Crippen LogP contribution >= 0.6 is 0 Å². The number of rotatable bonds is 13. The van der Waals surface area contributed by atoms with E-state index >= 15 is 0 Å². The fourth-order valence-corrected chi connectivity index (χ4v) is 4.83. The molecule has 5 amide bonds. The molecule has 1 heterocycles. The molecule has 0 saturated heterocycles. The number of hydrogen-bond donors (Lipinski definition) is 2. The Morgan fingerprint density at radius 3 is 2.05 bits per heavy atom. The number of likely N-dealkylation sites (N-methyl/N-ethyl adjacent to an activating group) is 1. The molecule has 0 spiro atoms. The van der Waals surface area contributed by atoms with Crippen molar-refractivity contribution in [2.45, 2.75) is 64.5 Å². The normalized spacial score (nSPS) is 14.2. The average molecular weight is 535 g/mol. The van der Waals surface area contributed by atoms with Crippen molar-refractivity contribution in [2.75, 3.05) is 13.6 Å². The smallest absolute Gasteiger partial charge is 0.261 e. The molecular formula is C30H38N4O5. The summed E-state index contributed by atoms with van der Waals surface area (Å²) in [5, 5.41) is 2.58. The van der Waals surface area contributed by atoms with E-state index in [0.717, 1.165) is 10.5 Å². The van der Waals surface area contributed by atoms with Crippen LogP contribution in [-0.2, 0) is 20.8 Å². The van der Waals surface area contributed by atoms with Gasteiger partial charge in [0.1, 0.15) is 6.04 Å². The van der Waals surface area contributed by atoms with E-state index in [1.807, 2.05) is 44.2 Å². The van der Waals surface area contributed by atoms with Crippen molar-refractivity contribution < 1.29 is 24.0 Å². The first kappa shape index (κ1) is 29.7. The second kappa shape index (κ2) is 13.8. The third-order valence-electron chi connectivity index (χ3n) is 6.83. The monoisotopic (exact) mass is 534 g/mol. The number of carbonyl (C=O) groups is 5. The Morgan fingerprint density at radius 2 is 1.49 bits per heavy atom. The van der Waals surface area contributed by atoms with Gasteiger partial charge in [-0.15, -0.1) is 0 Å². The Labute approximate surface area is 229 Å². The Bertz CT molecular complexity index is 1160. The molecule has 0 saturated carbocycles. The van der Waals surface area contributed by atoms with Gasteiger partial charge in [-0.3, -0.25) is 33.8 Å². The highest BCUT2D eigenvalue weighted by atomic mass is 16.2. The van der Waals surface area contributed by atoms with E-state index < -0.39 is 29.8 Å². The third kappa shape index (κ3) is 7.38. The molecule has 0 fully saturated rings. The third-order valence-corrected chi connectivity index (χ3v) is 6.83. The van der Waals surface area contributed by atoms with Gasteiger partial charge in [-0.25, -0.2) is 0 Å². The first-order valence-electron chi connectivity index (χ1n) is 13.5. The summed E-state index contributed by atoms with van der Waals surface area (Å²) in [5.41, 5.74) is 7.82. The van der Waals surface area contributed by atoms with Gasteiger partial charge in [0.15, 0.2) is 0 Å². The number of benzene rings is 2. The SMILES string of the molecule is CNC(=O)[C@H](Cc1ccccc1)N(C(=O)CCCCCN1C(=O)c2ccccc2C1=O)C(=O)[C@@H](N)CC(C)C. The van der Waals surface area contributed by atoms with Gasteiger partial charge in [-0.05, 0) is 42.9 Å². The lowest BCUT2D eigenvalue weighted by molar-refractivity contribution is -0.153. The molecule has 3 N–H and O–H groups in total. The molecule has 2 aromatic rings. The van der Waals surface area contributed by atoms with Gasteiger partial charge in [-0.1, -0.05) is 62.7 Å². The summed E-state index contributed by atoms with van der Waals surface area (Å²) in [6, 6.07) is 14.0. The number of nitrogens with zero attached hydrogens (tertiary/aromatic N) is 2. The van der Waals surface area contributed by atoms with Crippen molar-refractivity contribution in [1.29, 1.82) is 0 Å². The number of nitrogens with two attached hydrogens (primary N) is 1. The molecule has 0 aliphatic carbocycles. The molecule has 0 radical (unpaired) electrons. The van der Waals surface area contributed by atoms with Gasteiger partial charge in [-0.2, -0.15) is 0 Å². The highest BCUT2D eigenvalue weighted by Gasteiger charge is 2.37. The Morgan fingerprint density at radius 1 is 0.897 bits per heavy atom. The molecule has 0 aromatic heterocycles. The summed E-state index contributed by atoms with van der Waals surface area (Å²) in [7, 11) is 1.47. The molecule has 2 aromatic carbocycles. The first-order valence-corrected chi connectivity index (χ1v) is 13.5. The van der Waals surface area contributed by atoms with E-state index in [4.69, 9.17) is 5.73 Å². The minimum Gasteiger partial charge on any atom is -0.357 e. The lowest BCUT2D eigenvalue weighted by Gasteiger charge is -2.31. The summed E-state index contributed by atoms with van der Waals surface area (Å²) in [4.78, 5) is 67.2. The van der Waals surface area contributed by atoms with Crippen LogP contribution < -0.4 is 11.1 Å². The zero-order valence-corrected chi connectivity index (χ0v) is 22.9. The number of carbonyl (C=O) groups excluding carboxylic acids is 5. The molecule has 9 heteroatoms. The molecular weight excluding hydrogens is 496 g/mol. The van der Waals surface area contributed by atoms with Crippen LogP contribution in [-0.4, -0.2) is 65.0 Å². The minimum absolute atomic E-state index is 0.0323. The van der Waals surface area contributed by atoms with Crippen molar-refractivity contribution >= 4 is 29.5 Å². The van der Waals surface area contributed by atoms with Crippen LogP contribution in [0.2, 0.25) is 0 Å². The molecule has 9 nitrogen and oxygen atoms in total. The van der Waals surface area contributed by atoms with E-state index in [2.05, 4.69) is 5.32 Å². The molecule has 1 aliphatic heterocycles. The van der Waals surface area contributed by atoms with Crippen LogP contribution in [0.5, 0.6) is 0 Å². The zero-order chi connectivity index (χ0) is 28.5. The quantitative estimate of drug-likeness (QED) is 0.300. The summed E-state index contributed by atoms with van der Waals surface area (Å²) in [6.07, 6.45) is 2.09. The minimum atomic E-state index is -1.03. The molecule has 1 aliphatic rings. The van der Waals surface area contributed by atoms with Crippen molar-refractivity contribution in [1.82, 2.24) is 15.1 Å². The summed E-state index contributed by atoms with van der Waals surface area (Å²) >= 11 is 0. The first-order chi connectivity index (χ1) is 18.6. The Balaban J connectivity index is 1.66. The molecule has 0 bridgehead atoms. The lowest BCUT2D eigenvalue weighted by Crippen LogP contribution is -2.57. The van der Waals surface area contributed by atoms with Gasteiger partial charge in [0.2, 0.25) is 17.7 Å². The van der Waals surface area contributed by atoms with Gasteiger partial charge in [0.25, 0.3) is 11.8 Å². The zero-order valence-electron chi connectivity index (χ0n) is 22.9. The van der Waals surface area contributed by atoms with Gasteiger partial charge < -0.3 is 11.1 Å². The molecule has 2 atom stereocenters. The van der Waals surface area contributed by atoms with Gasteiger partial charge >= 0.3 is 0 Å². The van der Waals surface area contributed by atoms with Crippen molar-refractivity contribution in [2.24, 2.45) is 11.7 Å². The van der Waals surface area contributed by atoms with Crippen molar-refractivity contribution in [3.05, 3.63) is 71.3 Å². The number of imide groups is 2. The molecule has 39 heavy (non-hydrogen) atoms. The fourth-order valence-electron chi connectivity index (χ4n) is 4.83. The predicted molar refractivity (Wildman–Crippen MR) is 148 cm³/mol. The maximum absolute atomic E-state index is 13.5. The van der Waals surface area contributed by atoms with Crippen LogP contribution in [0.25, 0.3) is 0 Å².